The van der Waals surface area contributed by atoms with Gasteiger partial charge in [0.25, 0.3) is 5.91 Å². The first-order chi connectivity index (χ1) is 17.9. The molecule has 0 unspecified atom stereocenters. The molecule has 0 fully saturated rings. The molecule has 3 aromatic rings. The van der Waals surface area contributed by atoms with Gasteiger partial charge in [-0.15, -0.1) is 0 Å². The first kappa shape index (κ1) is 26.8. The predicted molar refractivity (Wildman–Crippen MR) is 138 cm³/mol. The summed E-state index contributed by atoms with van der Waals surface area (Å²) in [4.78, 5) is 24.3. The Labute approximate surface area is 219 Å². The molecule has 0 radical (unpaired) electrons. The number of ether oxygens (including phenoxy) is 3. The van der Waals surface area contributed by atoms with Crippen molar-refractivity contribution in [2.24, 2.45) is 0 Å². The van der Waals surface area contributed by atoms with Crippen molar-refractivity contribution < 1.29 is 23.8 Å². The first-order valence-corrected chi connectivity index (χ1v) is 11.5. The molecular formula is C28H22ClN3O5. The number of anilines is 1. The maximum atomic E-state index is 12.7. The summed E-state index contributed by atoms with van der Waals surface area (Å²) in [7, 11) is 1.28. The predicted octanol–water partition coefficient (Wildman–Crippen LogP) is 5.52. The van der Waals surface area contributed by atoms with Crippen LogP contribution >= 0.6 is 11.6 Å². The minimum Gasteiger partial charge on any atom is -0.490 e. The standard InChI is InChI=1S/C28H22ClN3O5/c1-3-36-25-14-18(13-24(29)26(25)37-17-21-7-5-4-6-20(21)15-30)12-22(16-31)27(33)32-23-10-8-19(9-11-23)28(34)35-2/h4-14H,3,17H2,1-2H3,(H,32,33)/b22-12+. The Kier molecular flexibility index (Phi) is 9.26. The molecule has 3 aromatic carbocycles. The van der Waals surface area contributed by atoms with E-state index in [1.807, 2.05) is 6.07 Å². The van der Waals surface area contributed by atoms with Gasteiger partial charge in [-0.3, -0.25) is 4.79 Å². The second-order valence-electron chi connectivity index (χ2n) is 7.51. The number of halogens is 1. The van der Waals surface area contributed by atoms with E-state index in [0.717, 1.165) is 0 Å². The molecule has 1 amide bonds. The summed E-state index contributed by atoms with van der Waals surface area (Å²) >= 11 is 6.48. The van der Waals surface area contributed by atoms with Crippen molar-refractivity contribution in [3.05, 3.63) is 93.5 Å². The number of esters is 1. The highest BCUT2D eigenvalue weighted by Crippen LogP contribution is 2.38. The number of rotatable bonds is 9. The second kappa shape index (κ2) is 12.8. The van der Waals surface area contributed by atoms with Crippen molar-refractivity contribution in [3.8, 4) is 23.6 Å². The van der Waals surface area contributed by atoms with Crippen LogP contribution in [0.2, 0.25) is 5.02 Å². The van der Waals surface area contributed by atoms with Crippen molar-refractivity contribution in [3.63, 3.8) is 0 Å². The molecular weight excluding hydrogens is 494 g/mol. The van der Waals surface area contributed by atoms with Gasteiger partial charge in [-0.1, -0.05) is 29.8 Å². The number of carbonyl (C=O) groups excluding carboxylic acids is 2. The Morgan fingerprint density at radius 1 is 1.05 bits per heavy atom. The molecule has 3 rings (SSSR count). The van der Waals surface area contributed by atoms with Crippen LogP contribution in [0.3, 0.4) is 0 Å². The smallest absolute Gasteiger partial charge is 0.337 e. The average molecular weight is 516 g/mol. The lowest BCUT2D eigenvalue weighted by Crippen LogP contribution is -2.13. The molecule has 9 heteroatoms. The quantitative estimate of drug-likeness (QED) is 0.226. The molecule has 0 spiro atoms. The van der Waals surface area contributed by atoms with E-state index >= 15 is 0 Å². The Bertz CT molecular complexity index is 1420. The summed E-state index contributed by atoms with van der Waals surface area (Å²) in [5.41, 5.74) is 2.18. The Balaban J connectivity index is 1.83. The van der Waals surface area contributed by atoms with Crippen LogP contribution in [-0.4, -0.2) is 25.6 Å². The van der Waals surface area contributed by atoms with Crippen molar-refractivity contribution in [2.75, 3.05) is 19.0 Å². The SMILES string of the molecule is CCOc1cc(/C=C(\C#N)C(=O)Nc2ccc(C(=O)OC)cc2)cc(Cl)c1OCc1ccccc1C#N. The number of nitrogens with zero attached hydrogens (tertiary/aromatic N) is 2. The van der Waals surface area contributed by atoms with Gasteiger partial charge in [-0.25, -0.2) is 4.79 Å². The number of nitriles is 2. The zero-order valence-electron chi connectivity index (χ0n) is 20.1. The van der Waals surface area contributed by atoms with Gasteiger partial charge in [0.15, 0.2) is 11.5 Å². The van der Waals surface area contributed by atoms with Gasteiger partial charge in [-0.2, -0.15) is 10.5 Å². The van der Waals surface area contributed by atoms with Crippen LogP contribution in [0.4, 0.5) is 5.69 Å². The molecule has 0 aliphatic carbocycles. The van der Waals surface area contributed by atoms with E-state index in [4.69, 9.17) is 21.1 Å². The van der Waals surface area contributed by atoms with Crippen LogP contribution in [0.25, 0.3) is 6.08 Å². The Morgan fingerprint density at radius 3 is 2.43 bits per heavy atom. The second-order valence-corrected chi connectivity index (χ2v) is 7.92. The van der Waals surface area contributed by atoms with Gasteiger partial charge >= 0.3 is 5.97 Å². The van der Waals surface area contributed by atoms with Gasteiger partial charge in [-0.05, 0) is 61.0 Å². The number of amides is 1. The van der Waals surface area contributed by atoms with Crippen molar-refractivity contribution in [2.45, 2.75) is 13.5 Å². The highest BCUT2D eigenvalue weighted by atomic mass is 35.5. The molecule has 1 N–H and O–H groups in total. The normalized spacial score (nSPS) is 10.6. The van der Waals surface area contributed by atoms with Crippen LogP contribution in [0, 0.1) is 22.7 Å². The van der Waals surface area contributed by atoms with Crippen molar-refractivity contribution in [1.82, 2.24) is 0 Å². The van der Waals surface area contributed by atoms with E-state index in [1.165, 1.54) is 37.5 Å². The summed E-state index contributed by atoms with van der Waals surface area (Å²) in [5, 5.41) is 21.7. The van der Waals surface area contributed by atoms with Gasteiger partial charge in [0.1, 0.15) is 18.2 Å². The molecule has 186 valence electrons. The van der Waals surface area contributed by atoms with Crippen LogP contribution in [0.15, 0.2) is 66.2 Å². The number of carbonyl (C=O) groups is 2. The molecule has 0 aliphatic rings. The van der Waals surface area contributed by atoms with E-state index in [0.29, 0.717) is 40.3 Å². The molecule has 0 bridgehead atoms. The lowest BCUT2D eigenvalue weighted by atomic mass is 10.1. The average Bonchev–Trinajstić information content (AvgIpc) is 2.91. The highest BCUT2D eigenvalue weighted by Gasteiger charge is 2.16. The van der Waals surface area contributed by atoms with E-state index in [9.17, 15) is 20.1 Å². The van der Waals surface area contributed by atoms with Crippen molar-refractivity contribution in [1.29, 1.82) is 10.5 Å². The molecule has 0 heterocycles. The minimum atomic E-state index is -0.643. The number of methoxy groups -OCH3 is 1. The summed E-state index contributed by atoms with van der Waals surface area (Å²) in [5.74, 6) is -0.538. The summed E-state index contributed by atoms with van der Waals surface area (Å²) in [6.45, 7) is 2.21. The van der Waals surface area contributed by atoms with Crippen LogP contribution in [0.5, 0.6) is 11.5 Å². The van der Waals surface area contributed by atoms with Gasteiger partial charge in [0.05, 0.1) is 35.9 Å². The Hall–Kier alpha value is -4.79. The molecule has 8 nitrogen and oxygen atoms in total. The van der Waals surface area contributed by atoms with E-state index < -0.39 is 11.9 Å². The maximum absolute atomic E-state index is 12.7. The zero-order chi connectivity index (χ0) is 26.8. The van der Waals surface area contributed by atoms with E-state index in [-0.39, 0.29) is 23.0 Å². The fourth-order valence-electron chi connectivity index (χ4n) is 3.30. The minimum absolute atomic E-state index is 0.0966. The van der Waals surface area contributed by atoms with Crippen LogP contribution in [0.1, 0.15) is 34.0 Å². The number of benzene rings is 3. The maximum Gasteiger partial charge on any atom is 0.337 e. The van der Waals surface area contributed by atoms with E-state index in [1.54, 1.807) is 43.3 Å². The Morgan fingerprint density at radius 2 is 1.78 bits per heavy atom. The topological polar surface area (TPSA) is 121 Å². The van der Waals surface area contributed by atoms with Crippen LogP contribution in [-0.2, 0) is 16.1 Å². The van der Waals surface area contributed by atoms with E-state index in [2.05, 4.69) is 16.1 Å². The summed E-state index contributed by atoms with van der Waals surface area (Å²) in [6.07, 6.45) is 1.38. The first-order valence-electron chi connectivity index (χ1n) is 11.1. The third-order valence-corrected chi connectivity index (χ3v) is 5.36. The summed E-state index contributed by atoms with van der Waals surface area (Å²) in [6, 6.07) is 20.3. The molecule has 0 atom stereocenters. The third kappa shape index (κ3) is 6.88. The molecule has 37 heavy (non-hydrogen) atoms. The van der Waals surface area contributed by atoms with Gasteiger partial charge < -0.3 is 19.5 Å². The van der Waals surface area contributed by atoms with Crippen LogP contribution < -0.4 is 14.8 Å². The monoisotopic (exact) mass is 515 g/mol. The largest absolute Gasteiger partial charge is 0.490 e. The fraction of sp³-hybridized carbons (Fsp3) is 0.143. The highest BCUT2D eigenvalue weighted by molar-refractivity contribution is 6.32. The van der Waals surface area contributed by atoms with Gasteiger partial charge in [0.2, 0.25) is 0 Å². The summed E-state index contributed by atoms with van der Waals surface area (Å²) < 4.78 is 16.2. The lowest BCUT2D eigenvalue weighted by molar-refractivity contribution is -0.112. The van der Waals surface area contributed by atoms with Crippen molar-refractivity contribution >= 4 is 35.2 Å². The molecule has 0 saturated carbocycles. The number of nitrogens with one attached hydrogen (secondary N) is 1. The third-order valence-electron chi connectivity index (χ3n) is 5.08. The molecule has 0 aliphatic heterocycles. The number of hydrogen-bond acceptors (Lipinski definition) is 7. The van der Waals surface area contributed by atoms with Gasteiger partial charge in [0, 0.05) is 11.3 Å². The lowest BCUT2D eigenvalue weighted by Gasteiger charge is -2.15. The fourth-order valence-corrected chi connectivity index (χ4v) is 3.57. The molecule has 0 aromatic heterocycles. The zero-order valence-corrected chi connectivity index (χ0v) is 20.8. The molecule has 0 saturated heterocycles. The number of hydrogen-bond donors (Lipinski definition) is 1.